The maximum atomic E-state index is 10.9. The van der Waals surface area contributed by atoms with Crippen LogP contribution in [0, 0.1) is 0 Å². The summed E-state index contributed by atoms with van der Waals surface area (Å²) in [5.41, 5.74) is 3.14. The van der Waals surface area contributed by atoms with E-state index >= 15 is 0 Å². The van der Waals surface area contributed by atoms with E-state index in [0.29, 0.717) is 37.9 Å². The Bertz CT molecular complexity index is 1210. The van der Waals surface area contributed by atoms with E-state index in [1.54, 1.807) is 26.5 Å². The lowest BCUT2D eigenvalue weighted by Gasteiger charge is -2.36. The lowest BCUT2D eigenvalue weighted by Crippen LogP contribution is -2.49. The van der Waals surface area contributed by atoms with Gasteiger partial charge in [0, 0.05) is 51.5 Å². The molecule has 3 heterocycles. The number of ether oxygens (including phenoxy) is 5. The molecule has 3 atom stereocenters. The molecule has 1 aromatic heterocycles. The van der Waals surface area contributed by atoms with E-state index in [-0.39, 0.29) is 18.0 Å². The molecule has 2 aliphatic rings. The number of β-amino-alcohol motifs (C(OH)–C–C–N with tert-alkyl or cyclic N) is 1. The van der Waals surface area contributed by atoms with Gasteiger partial charge in [0.05, 0.1) is 38.2 Å². The Hall–Kier alpha value is -3.44. The topological polar surface area (TPSA) is 107 Å². The average molecular weight is 537 g/mol. The van der Waals surface area contributed by atoms with Gasteiger partial charge in [0.2, 0.25) is 5.88 Å². The van der Waals surface area contributed by atoms with Crippen LogP contribution >= 0.6 is 0 Å². The number of nitrogens with one attached hydrogen (secondary N) is 1. The lowest BCUT2D eigenvalue weighted by atomic mass is 9.85. The molecule has 0 spiro atoms. The third-order valence-electron chi connectivity index (χ3n) is 7.03. The molecule has 10 heteroatoms. The normalized spacial score (nSPS) is 20.7. The third kappa shape index (κ3) is 6.77. The highest BCUT2D eigenvalue weighted by molar-refractivity contribution is 5.61. The number of anilines is 1. The maximum absolute atomic E-state index is 10.9. The van der Waals surface area contributed by atoms with Crippen molar-refractivity contribution in [2.45, 2.75) is 31.2 Å². The lowest BCUT2D eigenvalue weighted by molar-refractivity contribution is -0.0328. The van der Waals surface area contributed by atoms with Crippen molar-refractivity contribution in [3.63, 3.8) is 0 Å². The molecule has 2 N–H and O–H groups in total. The fourth-order valence-electron chi connectivity index (χ4n) is 5.07. The zero-order chi connectivity index (χ0) is 27.0. The number of hydrogen-bond donors (Lipinski definition) is 2. The number of aliphatic hydroxyl groups excluding tert-OH is 1. The summed E-state index contributed by atoms with van der Waals surface area (Å²) in [5, 5.41) is 14.2. The molecule has 0 radical (unpaired) electrons. The molecule has 1 fully saturated rings. The molecule has 0 bridgehead atoms. The first-order valence-electron chi connectivity index (χ1n) is 13.3. The van der Waals surface area contributed by atoms with E-state index in [4.69, 9.17) is 23.7 Å². The van der Waals surface area contributed by atoms with E-state index in [2.05, 4.69) is 26.3 Å². The fourth-order valence-corrected chi connectivity index (χ4v) is 5.07. The van der Waals surface area contributed by atoms with Crippen molar-refractivity contribution in [3.05, 3.63) is 65.9 Å². The molecular formula is C29H36N4O6. The highest BCUT2D eigenvalue weighted by atomic mass is 16.5. The molecule has 3 unspecified atom stereocenters. The molecule has 39 heavy (non-hydrogen) atoms. The number of rotatable bonds is 11. The molecule has 5 rings (SSSR count). The Balaban J connectivity index is 1.25. The number of nitrogens with zero attached hydrogens (tertiary/aromatic N) is 3. The second-order valence-corrected chi connectivity index (χ2v) is 9.64. The van der Waals surface area contributed by atoms with Crippen molar-refractivity contribution in [2.24, 2.45) is 0 Å². The molecule has 3 aromatic rings. The second-order valence-electron chi connectivity index (χ2n) is 9.64. The summed E-state index contributed by atoms with van der Waals surface area (Å²) in [5.74, 6) is 1.75. The van der Waals surface area contributed by atoms with Crippen molar-refractivity contribution < 1.29 is 28.8 Å². The van der Waals surface area contributed by atoms with Crippen molar-refractivity contribution in [1.29, 1.82) is 0 Å². The summed E-state index contributed by atoms with van der Waals surface area (Å²) < 4.78 is 28.4. The molecule has 2 aromatic carbocycles. The van der Waals surface area contributed by atoms with Crippen molar-refractivity contribution in [3.8, 4) is 23.4 Å². The Labute approximate surface area is 228 Å². The smallest absolute Gasteiger partial charge is 0.325 e. The number of piperidine rings is 1. The predicted molar refractivity (Wildman–Crippen MR) is 146 cm³/mol. The first-order chi connectivity index (χ1) is 19.1. The van der Waals surface area contributed by atoms with Gasteiger partial charge < -0.3 is 39.0 Å². The van der Waals surface area contributed by atoms with Gasteiger partial charge in [-0.05, 0) is 41.8 Å². The molecular weight excluding hydrogens is 500 g/mol. The number of aromatic nitrogens is 2. The van der Waals surface area contributed by atoms with Crippen molar-refractivity contribution >= 4 is 5.69 Å². The molecule has 208 valence electrons. The van der Waals surface area contributed by atoms with Gasteiger partial charge in [0.1, 0.15) is 18.1 Å². The Morgan fingerprint density at radius 3 is 2.79 bits per heavy atom. The highest BCUT2D eigenvalue weighted by Gasteiger charge is 2.34. The second kappa shape index (κ2) is 13.1. The zero-order valence-corrected chi connectivity index (χ0v) is 22.4. The summed E-state index contributed by atoms with van der Waals surface area (Å²) in [4.78, 5) is 10.7. The third-order valence-corrected chi connectivity index (χ3v) is 7.03. The van der Waals surface area contributed by atoms with Crippen LogP contribution in [0.5, 0.6) is 23.4 Å². The van der Waals surface area contributed by atoms with Crippen LogP contribution < -0.4 is 24.4 Å². The van der Waals surface area contributed by atoms with Crippen LogP contribution in [0.3, 0.4) is 0 Å². The Kier molecular flexibility index (Phi) is 9.10. The SMILES string of the molecule is COCCCN1CCOc2ccc(COC3CNCC(O)C3c3ccc(Oc4nccc(OC)n4)cc3)cc21. The van der Waals surface area contributed by atoms with Gasteiger partial charge in [0.15, 0.2) is 0 Å². The molecule has 0 aliphatic carbocycles. The molecule has 0 amide bonds. The molecule has 1 saturated heterocycles. The highest BCUT2D eigenvalue weighted by Crippen LogP contribution is 2.34. The van der Waals surface area contributed by atoms with Crippen LogP contribution in [0.1, 0.15) is 23.5 Å². The summed E-state index contributed by atoms with van der Waals surface area (Å²) in [6.07, 6.45) is 1.76. The largest absolute Gasteiger partial charge is 0.490 e. The van der Waals surface area contributed by atoms with Gasteiger partial charge in [0.25, 0.3) is 0 Å². The van der Waals surface area contributed by atoms with Crippen molar-refractivity contribution in [1.82, 2.24) is 15.3 Å². The number of methoxy groups -OCH3 is 2. The monoisotopic (exact) mass is 536 g/mol. The average Bonchev–Trinajstić information content (AvgIpc) is 2.97. The molecule has 2 aliphatic heterocycles. The van der Waals surface area contributed by atoms with Crippen LogP contribution in [0.25, 0.3) is 0 Å². The van der Waals surface area contributed by atoms with Crippen LogP contribution in [-0.4, -0.2) is 80.9 Å². The van der Waals surface area contributed by atoms with E-state index in [1.807, 2.05) is 36.4 Å². The van der Waals surface area contributed by atoms with Gasteiger partial charge >= 0.3 is 6.01 Å². The van der Waals surface area contributed by atoms with Crippen LogP contribution in [0.2, 0.25) is 0 Å². The minimum absolute atomic E-state index is 0.181. The van der Waals surface area contributed by atoms with Gasteiger partial charge in [-0.15, -0.1) is 0 Å². The summed E-state index contributed by atoms with van der Waals surface area (Å²) >= 11 is 0. The van der Waals surface area contributed by atoms with Gasteiger partial charge in [-0.25, -0.2) is 4.98 Å². The fraction of sp³-hybridized carbons (Fsp3) is 0.448. The van der Waals surface area contributed by atoms with E-state index in [9.17, 15) is 5.11 Å². The molecule has 0 saturated carbocycles. The van der Waals surface area contributed by atoms with E-state index < -0.39 is 6.10 Å². The summed E-state index contributed by atoms with van der Waals surface area (Å²) in [6, 6.07) is 15.7. The minimum atomic E-state index is -0.578. The zero-order valence-electron chi connectivity index (χ0n) is 22.4. The Morgan fingerprint density at radius 1 is 1.10 bits per heavy atom. The minimum Gasteiger partial charge on any atom is -0.490 e. The quantitative estimate of drug-likeness (QED) is 0.355. The van der Waals surface area contributed by atoms with Gasteiger partial charge in [-0.3, -0.25) is 0 Å². The van der Waals surface area contributed by atoms with Crippen LogP contribution in [-0.2, 0) is 16.1 Å². The van der Waals surface area contributed by atoms with E-state index in [0.717, 1.165) is 48.7 Å². The van der Waals surface area contributed by atoms with Gasteiger partial charge in [-0.2, -0.15) is 4.98 Å². The number of fused-ring (bicyclic) bond motifs is 1. The Morgan fingerprint density at radius 2 is 1.97 bits per heavy atom. The number of hydrogen-bond acceptors (Lipinski definition) is 10. The predicted octanol–water partition coefficient (Wildman–Crippen LogP) is 3.15. The van der Waals surface area contributed by atoms with Crippen LogP contribution in [0.15, 0.2) is 54.7 Å². The van der Waals surface area contributed by atoms with E-state index in [1.165, 1.54) is 0 Å². The van der Waals surface area contributed by atoms with Crippen molar-refractivity contribution in [2.75, 3.05) is 58.5 Å². The standard InChI is InChI=1S/C29H36N4O6/c1-35-14-3-12-33-13-15-37-25-9-4-20(16-23(25)33)19-38-26-18-30-17-24(34)28(26)21-5-7-22(8-6-21)39-29-31-11-10-27(32-29)36-2/h4-11,16,24,26,28,30,34H,3,12-15,17-19H2,1-2H3. The maximum Gasteiger partial charge on any atom is 0.325 e. The summed E-state index contributed by atoms with van der Waals surface area (Å²) in [7, 11) is 3.27. The first-order valence-corrected chi connectivity index (χ1v) is 13.3. The number of benzene rings is 2. The van der Waals surface area contributed by atoms with Gasteiger partial charge in [-0.1, -0.05) is 18.2 Å². The summed E-state index contributed by atoms with van der Waals surface area (Å²) in [6.45, 7) is 4.77. The van der Waals surface area contributed by atoms with Crippen LogP contribution in [0.4, 0.5) is 5.69 Å². The molecule has 10 nitrogen and oxygen atoms in total. The first kappa shape index (κ1) is 27.1. The number of aliphatic hydroxyl groups is 1.